The molecule has 0 spiro atoms. The first-order chi connectivity index (χ1) is 15.1. The lowest BCUT2D eigenvalue weighted by Gasteiger charge is -2.29. The molecule has 156 valence electrons. The predicted octanol–water partition coefficient (Wildman–Crippen LogP) is 4.40. The number of carbonyl (C=O) groups is 2. The van der Waals surface area contributed by atoms with Gasteiger partial charge in [0.15, 0.2) is 6.10 Å². The van der Waals surface area contributed by atoms with Gasteiger partial charge in [-0.1, -0.05) is 48.0 Å². The van der Waals surface area contributed by atoms with E-state index in [4.69, 9.17) is 21.2 Å². The van der Waals surface area contributed by atoms with Gasteiger partial charge in [-0.15, -0.1) is 0 Å². The molecule has 0 aromatic heterocycles. The van der Waals surface area contributed by atoms with E-state index in [1.54, 1.807) is 36.4 Å². The highest BCUT2D eigenvalue weighted by atomic mass is 35.5. The highest BCUT2D eigenvalue weighted by Crippen LogP contribution is 2.49. The number of methoxy groups -OCH3 is 1. The first-order valence-corrected chi connectivity index (χ1v) is 10.3. The van der Waals surface area contributed by atoms with E-state index in [1.807, 2.05) is 54.6 Å². The van der Waals surface area contributed by atoms with E-state index in [0.29, 0.717) is 16.5 Å². The van der Waals surface area contributed by atoms with Crippen molar-refractivity contribution in [2.24, 2.45) is 5.92 Å². The molecule has 2 amide bonds. The molecule has 3 atom stereocenters. The first-order valence-electron chi connectivity index (χ1n) is 9.87. The van der Waals surface area contributed by atoms with Gasteiger partial charge in [0, 0.05) is 10.6 Å². The summed E-state index contributed by atoms with van der Waals surface area (Å²) in [4.78, 5) is 34.2. The van der Waals surface area contributed by atoms with Crippen LogP contribution in [-0.4, -0.2) is 25.0 Å². The second-order valence-corrected chi connectivity index (χ2v) is 7.82. The van der Waals surface area contributed by atoms with Crippen LogP contribution in [-0.2, 0) is 14.4 Å². The molecule has 2 aliphatic heterocycles. The Balaban J connectivity index is 1.61. The summed E-state index contributed by atoms with van der Waals surface area (Å²) >= 11 is 5.98. The number of hydrogen-bond acceptors (Lipinski definition) is 5. The van der Waals surface area contributed by atoms with Crippen LogP contribution in [0.4, 0.5) is 11.4 Å². The third-order valence-electron chi connectivity index (χ3n) is 5.67. The molecule has 7 heteroatoms. The van der Waals surface area contributed by atoms with E-state index in [0.717, 1.165) is 11.3 Å². The van der Waals surface area contributed by atoms with Crippen molar-refractivity contribution in [3.05, 3.63) is 89.4 Å². The zero-order chi connectivity index (χ0) is 21.5. The van der Waals surface area contributed by atoms with E-state index >= 15 is 0 Å². The number of halogens is 1. The number of rotatable bonds is 4. The molecule has 0 radical (unpaired) electrons. The lowest BCUT2D eigenvalue weighted by atomic mass is 9.90. The van der Waals surface area contributed by atoms with E-state index in [1.165, 1.54) is 4.90 Å². The van der Waals surface area contributed by atoms with Gasteiger partial charge in [-0.25, -0.2) is 9.96 Å². The number of hydroxylamine groups is 1. The topological polar surface area (TPSA) is 59.1 Å². The molecule has 3 aromatic carbocycles. The summed E-state index contributed by atoms with van der Waals surface area (Å²) in [6.07, 6.45) is -0.932. The average molecular weight is 435 g/mol. The van der Waals surface area contributed by atoms with Crippen LogP contribution < -0.4 is 14.7 Å². The Morgan fingerprint density at radius 3 is 2.23 bits per heavy atom. The van der Waals surface area contributed by atoms with Crippen molar-refractivity contribution in [2.75, 3.05) is 17.1 Å². The minimum absolute atomic E-state index is 0.313. The highest BCUT2D eigenvalue weighted by molar-refractivity contribution is 6.31. The van der Waals surface area contributed by atoms with E-state index in [-0.39, 0.29) is 5.91 Å². The number of hydrogen-bond donors (Lipinski definition) is 0. The molecular formula is C24H19ClN2O4. The van der Waals surface area contributed by atoms with Gasteiger partial charge in [0.25, 0.3) is 5.91 Å². The number of nitrogens with zero attached hydrogens (tertiary/aromatic N) is 2. The number of imide groups is 1. The zero-order valence-corrected chi connectivity index (χ0v) is 17.4. The Hall–Kier alpha value is -3.35. The molecule has 6 nitrogen and oxygen atoms in total. The van der Waals surface area contributed by atoms with E-state index < -0.39 is 24.0 Å². The maximum atomic E-state index is 13.6. The molecule has 2 fully saturated rings. The smallest absolute Gasteiger partial charge is 0.266 e. The summed E-state index contributed by atoms with van der Waals surface area (Å²) in [6, 6.07) is 23.0. The summed E-state index contributed by atoms with van der Waals surface area (Å²) < 4.78 is 5.57. The van der Waals surface area contributed by atoms with Gasteiger partial charge < -0.3 is 4.74 Å². The van der Waals surface area contributed by atoms with Crippen LogP contribution in [0.5, 0.6) is 5.75 Å². The summed E-state index contributed by atoms with van der Waals surface area (Å²) in [5, 5.41) is 2.18. The van der Waals surface area contributed by atoms with Crippen LogP contribution in [0.1, 0.15) is 11.6 Å². The lowest BCUT2D eigenvalue weighted by molar-refractivity contribution is -0.126. The van der Waals surface area contributed by atoms with Crippen molar-refractivity contribution < 1.29 is 19.2 Å². The first kappa shape index (κ1) is 19.6. The number of fused-ring (bicyclic) bond motifs is 1. The fourth-order valence-corrected chi connectivity index (χ4v) is 4.41. The molecule has 2 aliphatic rings. The van der Waals surface area contributed by atoms with Crippen molar-refractivity contribution in [3.8, 4) is 5.75 Å². The van der Waals surface area contributed by atoms with Crippen molar-refractivity contribution >= 4 is 34.8 Å². The Labute approximate surface area is 184 Å². The fourth-order valence-electron chi connectivity index (χ4n) is 4.28. The van der Waals surface area contributed by atoms with Gasteiger partial charge in [-0.2, -0.15) is 0 Å². The minimum atomic E-state index is -0.932. The monoisotopic (exact) mass is 434 g/mol. The molecule has 2 heterocycles. The number of anilines is 2. The van der Waals surface area contributed by atoms with Crippen LogP contribution in [0.2, 0.25) is 5.02 Å². The number of ether oxygens (including phenoxy) is 1. The largest absolute Gasteiger partial charge is 0.496 e. The average Bonchev–Trinajstić information content (AvgIpc) is 3.31. The number of benzene rings is 3. The Kier molecular flexibility index (Phi) is 4.88. The number of amides is 2. The van der Waals surface area contributed by atoms with Crippen molar-refractivity contribution in [1.82, 2.24) is 0 Å². The van der Waals surface area contributed by atoms with Crippen LogP contribution in [0.25, 0.3) is 0 Å². The van der Waals surface area contributed by atoms with Gasteiger partial charge >= 0.3 is 0 Å². The van der Waals surface area contributed by atoms with Crippen molar-refractivity contribution in [2.45, 2.75) is 12.1 Å². The fraction of sp³-hybridized carbons (Fsp3) is 0.167. The zero-order valence-electron chi connectivity index (χ0n) is 16.6. The highest BCUT2D eigenvalue weighted by Gasteiger charge is 2.60. The lowest BCUT2D eigenvalue weighted by Crippen LogP contribution is -2.37. The van der Waals surface area contributed by atoms with Crippen molar-refractivity contribution in [3.63, 3.8) is 0 Å². The SMILES string of the molecule is COc1ccccc1[C@@H]1[C@H]2C(=O)N(c3ccc(Cl)cc3)C(=O)[C@H]2ON1c1ccccc1. The van der Waals surface area contributed by atoms with Crippen LogP contribution in [0.3, 0.4) is 0 Å². The van der Waals surface area contributed by atoms with E-state index in [9.17, 15) is 9.59 Å². The van der Waals surface area contributed by atoms with Crippen molar-refractivity contribution in [1.29, 1.82) is 0 Å². The molecule has 0 bridgehead atoms. The molecule has 2 saturated heterocycles. The van der Waals surface area contributed by atoms with Gasteiger partial charge in [-0.3, -0.25) is 14.4 Å². The standard InChI is InChI=1S/C24H19ClN2O4/c1-30-19-10-6-5-9-18(19)21-20-22(31-27(21)17-7-3-2-4-8-17)24(29)26(23(20)28)16-13-11-15(25)12-14-16/h2-14,20-22H,1H3/t20-,21-,22+/m1/s1. The van der Waals surface area contributed by atoms with Crippen LogP contribution in [0.15, 0.2) is 78.9 Å². The molecule has 0 unspecified atom stereocenters. The third-order valence-corrected chi connectivity index (χ3v) is 5.92. The normalized spacial score (nSPS) is 22.7. The Morgan fingerprint density at radius 2 is 1.52 bits per heavy atom. The number of para-hydroxylation sites is 2. The van der Waals surface area contributed by atoms with E-state index in [2.05, 4.69) is 0 Å². The Bertz CT molecular complexity index is 1140. The molecular weight excluding hydrogens is 416 g/mol. The molecule has 0 saturated carbocycles. The second kappa shape index (κ2) is 7.72. The Morgan fingerprint density at radius 1 is 0.839 bits per heavy atom. The molecule has 31 heavy (non-hydrogen) atoms. The predicted molar refractivity (Wildman–Crippen MR) is 117 cm³/mol. The van der Waals surface area contributed by atoms with Gasteiger partial charge in [-0.05, 0) is 42.5 Å². The maximum absolute atomic E-state index is 13.6. The maximum Gasteiger partial charge on any atom is 0.266 e. The van der Waals surface area contributed by atoms with Gasteiger partial charge in [0.05, 0.1) is 24.5 Å². The van der Waals surface area contributed by atoms with Crippen LogP contribution >= 0.6 is 11.6 Å². The summed E-state index contributed by atoms with van der Waals surface area (Å²) in [5.74, 6) is -0.801. The second-order valence-electron chi connectivity index (χ2n) is 7.39. The molecule has 0 N–H and O–H groups in total. The molecule has 5 rings (SSSR count). The third kappa shape index (κ3) is 3.15. The quantitative estimate of drug-likeness (QED) is 0.570. The molecule has 3 aromatic rings. The number of carbonyl (C=O) groups excluding carboxylic acids is 2. The summed E-state index contributed by atoms with van der Waals surface area (Å²) in [6.45, 7) is 0. The van der Waals surface area contributed by atoms with Gasteiger partial charge in [0.2, 0.25) is 5.91 Å². The van der Waals surface area contributed by atoms with Crippen LogP contribution in [0, 0.1) is 5.92 Å². The molecule has 0 aliphatic carbocycles. The minimum Gasteiger partial charge on any atom is -0.496 e. The summed E-state index contributed by atoms with van der Waals surface area (Å²) in [5.41, 5.74) is 2.01. The summed E-state index contributed by atoms with van der Waals surface area (Å²) in [7, 11) is 1.58. The van der Waals surface area contributed by atoms with Gasteiger partial charge in [0.1, 0.15) is 11.7 Å².